The summed E-state index contributed by atoms with van der Waals surface area (Å²) in [7, 11) is -0.424. The van der Waals surface area contributed by atoms with Crippen molar-refractivity contribution in [1.29, 1.82) is 0 Å². The molecule has 2 rings (SSSR count). The highest BCUT2D eigenvalue weighted by Gasteiger charge is 2.23. The summed E-state index contributed by atoms with van der Waals surface area (Å²) in [6, 6.07) is 6.38. The van der Waals surface area contributed by atoms with Gasteiger partial charge in [0.25, 0.3) is 0 Å². The van der Waals surface area contributed by atoms with Crippen LogP contribution in [0.2, 0.25) is 0 Å². The number of ether oxygens (including phenoxy) is 1. The fourth-order valence-corrected chi connectivity index (χ4v) is 3.60. The maximum atomic E-state index is 12.0. The molecule has 2 N–H and O–H groups in total. The van der Waals surface area contributed by atoms with E-state index in [0.717, 1.165) is 19.4 Å². The summed E-state index contributed by atoms with van der Waals surface area (Å²) in [5, 5.41) is 0. The lowest BCUT2D eigenvalue weighted by molar-refractivity contribution is -0.123. The van der Waals surface area contributed by atoms with Crippen LogP contribution in [0.4, 0.5) is 0 Å². The first-order chi connectivity index (χ1) is 11.3. The lowest BCUT2D eigenvalue weighted by Gasteiger charge is -2.30. The minimum absolute atomic E-state index is 0.0747. The Morgan fingerprint density at radius 2 is 2.00 bits per heavy atom. The molecule has 24 heavy (non-hydrogen) atoms. The van der Waals surface area contributed by atoms with E-state index in [-0.39, 0.29) is 16.7 Å². The van der Waals surface area contributed by atoms with Crippen molar-refractivity contribution < 1.29 is 17.9 Å². The number of amides is 1. The van der Waals surface area contributed by atoms with Crippen LogP contribution in [-0.4, -0.2) is 63.9 Å². The molecule has 1 aliphatic heterocycles. The van der Waals surface area contributed by atoms with E-state index >= 15 is 0 Å². The smallest absolute Gasteiger partial charge is 0.242 e. The first kappa shape index (κ1) is 18.7. The van der Waals surface area contributed by atoms with Crippen LogP contribution in [0.3, 0.4) is 0 Å². The Hall–Kier alpha value is -1.64. The van der Waals surface area contributed by atoms with Gasteiger partial charge in [-0.05, 0) is 43.7 Å². The van der Waals surface area contributed by atoms with Crippen molar-refractivity contribution in [3.8, 4) is 5.75 Å². The van der Waals surface area contributed by atoms with Crippen molar-refractivity contribution in [3.05, 3.63) is 24.3 Å². The van der Waals surface area contributed by atoms with Gasteiger partial charge in [0, 0.05) is 27.2 Å². The van der Waals surface area contributed by atoms with Gasteiger partial charge in [-0.25, -0.2) is 12.7 Å². The van der Waals surface area contributed by atoms with E-state index in [9.17, 15) is 13.2 Å². The fraction of sp³-hybridized carbons (Fsp3) is 0.562. The number of hydrogen-bond donors (Lipinski definition) is 1. The molecule has 0 radical (unpaired) electrons. The predicted molar refractivity (Wildman–Crippen MR) is 91.2 cm³/mol. The quantitative estimate of drug-likeness (QED) is 0.769. The maximum Gasteiger partial charge on any atom is 0.242 e. The summed E-state index contributed by atoms with van der Waals surface area (Å²) in [4.78, 5) is 13.7. The predicted octanol–water partition coefficient (Wildman–Crippen LogP) is 0.513. The van der Waals surface area contributed by atoms with Gasteiger partial charge in [-0.15, -0.1) is 0 Å². The molecule has 1 aromatic rings. The Balaban J connectivity index is 1.84. The van der Waals surface area contributed by atoms with E-state index in [2.05, 4.69) is 4.90 Å². The highest BCUT2D eigenvalue weighted by molar-refractivity contribution is 7.89. The minimum atomic E-state index is -3.42. The topological polar surface area (TPSA) is 92.9 Å². The van der Waals surface area contributed by atoms with Crippen molar-refractivity contribution in [2.45, 2.75) is 17.7 Å². The molecular weight excluding hydrogens is 330 g/mol. The molecule has 0 unspecified atom stereocenters. The van der Waals surface area contributed by atoms with Crippen LogP contribution in [0.15, 0.2) is 29.2 Å². The molecular formula is C16H25N3O4S. The molecule has 7 nitrogen and oxygen atoms in total. The summed E-state index contributed by atoms with van der Waals surface area (Å²) < 4.78 is 30.8. The van der Waals surface area contributed by atoms with Gasteiger partial charge in [-0.1, -0.05) is 0 Å². The van der Waals surface area contributed by atoms with Crippen LogP contribution >= 0.6 is 0 Å². The van der Waals surface area contributed by atoms with E-state index in [1.54, 1.807) is 12.1 Å². The van der Waals surface area contributed by atoms with Crippen molar-refractivity contribution >= 4 is 15.9 Å². The van der Waals surface area contributed by atoms with Crippen molar-refractivity contribution in [2.75, 3.05) is 40.3 Å². The number of carbonyl (C=O) groups excluding carboxylic acids is 1. The summed E-state index contributed by atoms with van der Waals surface area (Å²) >= 11 is 0. The molecule has 1 amide bonds. The Bertz CT molecular complexity index is 658. The standard InChI is InChI=1S/C16H25N3O4S/c1-18(2)24(21,22)15-7-5-14(6-8-15)23-11-10-19-9-3-4-13(12-19)16(17)20/h5-8,13H,3-4,9-12H2,1-2H3,(H2,17,20)/t13-/m0/s1. The van der Waals surface area contributed by atoms with Crippen LogP contribution in [-0.2, 0) is 14.8 Å². The molecule has 1 saturated heterocycles. The average molecular weight is 355 g/mol. The summed E-state index contributed by atoms with van der Waals surface area (Å²) in [5.41, 5.74) is 5.37. The Morgan fingerprint density at radius 3 is 2.58 bits per heavy atom. The summed E-state index contributed by atoms with van der Waals surface area (Å²) in [5.74, 6) is 0.309. The average Bonchev–Trinajstić information content (AvgIpc) is 2.55. The second kappa shape index (κ2) is 7.96. The van der Waals surface area contributed by atoms with Crippen LogP contribution in [0.5, 0.6) is 5.75 Å². The molecule has 1 aliphatic rings. The van der Waals surface area contributed by atoms with Crippen molar-refractivity contribution in [3.63, 3.8) is 0 Å². The number of nitrogens with zero attached hydrogens (tertiary/aromatic N) is 2. The van der Waals surface area contributed by atoms with Crippen molar-refractivity contribution in [1.82, 2.24) is 9.21 Å². The third-order valence-corrected chi connectivity index (χ3v) is 6.02. The number of primary amides is 1. The van der Waals surface area contributed by atoms with Gasteiger partial charge in [0.15, 0.2) is 0 Å². The van der Waals surface area contributed by atoms with Gasteiger partial charge in [0.05, 0.1) is 10.8 Å². The monoisotopic (exact) mass is 355 g/mol. The highest BCUT2D eigenvalue weighted by Crippen LogP contribution is 2.19. The molecule has 0 bridgehead atoms. The molecule has 0 aromatic heterocycles. The molecule has 0 spiro atoms. The Kier molecular flexibility index (Phi) is 6.20. The normalized spacial score (nSPS) is 19.4. The second-order valence-corrected chi connectivity index (χ2v) is 8.30. The van der Waals surface area contributed by atoms with Crippen LogP contribution < -0.4 is 10.5 Å². The highest BCUT2D eigenvalue weighted by atomic mass is 32.2. The first-order valence-corrected chi connectivity index (χ1v) is 9.42. The molecule has 134 valence electrons. The number of nitrogens with two attached hydrogens (primary N) is 1. The Morgan fingerprint density at radius 1 is 1.33 bits per heavy atom. The lowest BCUT2D eigenvalue weighted by Crippen LogP contribution is -2.42. The summed E-state index contributed by atoms with van der Waals surface area (Å²) in [6.45, 7) is 2.80. The lowest BCUT2D eigenvalue weighted by atomic mass is 9.98. The van der Waals surface area contributed by atoms with Gasteiger partial charge < -0.3 is 10.5 Å². The summed E-state index contributed by atoms with van der Waals surface area (Å²) in [6.07, 6.45) is 1.82. The Labute approximate surface area is 143 Å². The van der Waals surface area contributed by atoms with E-state index in [1.165, 1.54) is 30.5 Å². The van der Waals surface area contributed by atoms with Gasteiger partial charge in [0.1, 0.15) is 12.4 Å². The van der Waals surface area contributed by atoms with Gasteiger partial charge in [-0.3, -0.25) is 9.69 Å². The van der Waals surface area contributed by atoms with Crippen molar-refractivity contribution in [2.24, 2.45) is 11.7 Å². The molecule has 0 aliphatic carbocycles. The zero-order valence-electron chi connectivity index (χ0n) is 14.1. The van der Waals surface area contributed by atoms with Crippen LogP contribution in [0.25, 0.3) is 0 Å². The second-order valence-electron chi connectivity index (χ2n) is 6.15. The largest absolute Gasteiger partial charge is 0.492 e. The number of likely N-dealkylation sites (tertiary alicyclic amines) is 1. The third kappa shape index (κ3) is 4.68. The third-order valence-electron chi connectivity index (χ3n) is 4.19. The number of carbonyl (C=O) groups is 1. The number of sulfonamides is 1. The van der Waals surface area contributed by atoms with Crippen LogP contribution in [0, 0.1) is 5.92 Å². The molecule has 0 saturated carbocycles. The zero-order valence-corrected chi connectivity index (χ0v) is 15.0. The number of piperidine rings is 1. The first-order valence-electron chi connectivity index (χ1n) is 7.98. The van der Waals surface area contributed by atoms with E-state index < -0.39 is 10.0 Å². The van der Waals surface area contributed by atoms with E-state index in [0.29, 0.717) is 25.4 Å². The van der Waals surface area contributed by atoms with Gasteiger partial charge >= 0.3 is 0 Å². The molecule has 8 heteroatoms. The minimum Gasteiger partial charge on any atom is -0.492 e. The van der Waals surface area contributed by atoms with E-state index in [1.807, 2.05) is 0 Å². The molecule has 1 atom stereocenters. The zero-order chi connectivity index (χ0) is 17.7. The number of benzene rings is 1. The van der Waals surface area contributed by atoms with Crippen LogP contribution in [0.1, 0.15) is 12.8 Å². The van der Waals surface area contributed by atoms with E-state index in [4.69, 9.17) is 10.5 Å². The molecule has 1 aromatic carbocycles. The fourth-order valence-electron chi connectivity index (χ4n) is 2.70. The van der Waals surface area contributed by atoms with Gasteiger partial charge in [0.2, 0.25) is 15.9 Å². The number of hydrogen-bond acceptors (Lipinski definition) is 5. The molecule has 1 heterocycles. The SMILES string of the molecule is CN(C)S(=O)(=O)c1ccc(OCCN2CCC[C@H](C(N)=O)C2)cc1. The number of rotatable bonds is 7. The van der Waals surface area contributed by atoms with Gasteiger partial charge in [-0.2, -0.15) is 0 Å². The maximum absolute atomic E-state index is 12.0. The molecule has 1 fully saturated rings.